The van der Waals surface area contributed by atoms with E-state index >= 15 is 0 Å². The Morgan fingerprint density at radius 1 is 1.15 bits per heavy atom. The molecule has 0 bridgehead atoms. The Labute approximate surface area is 190 Å². The van der Waals surface area contributed by atoms with E-state index in [0.29, 0.717) is 12.2 Å². The van der Waals surface area contributed by atoms with Crippen molar-refractivity contribution in [1.29, 1.82) is 0 Å². The molecule has 3 N–H and O–H groups in total. The first-order chi connectivity index (χ1) is 16.0. The van der Waals surface area contributed by atoms with Crippen LogP contribution in [-0.4, -0.2) is 37.2 Å². The van der Waals surface area contributed by atoms with Crippen LogP contribution in [-0.2, 0) is 33.7 Å². The van der Waals surface area contributed by atoms with E-state index in [1.165, 1.54) is 17.8 Å². The van der Waals surface area contributed by atoms with Gasteiger partial charge >= 0.3 is 5.97 Å². The number of halogens is 1. The first-order valence-electron chi connectivity index (χ1n) is 10.5. The summed E-state index contributed by atoms with van der Waals surface area (Å²) in [7, 11) is 1.55. The fourth-order valence-corrected chi connectivity index (χ4v) is 3.71. The maximum atomic E-state index is 13.9. The molecule has 1 amide bonds. The van der Waals surface area contributed by atoms with Gasteiger partial charge in [-0.25, -0.2) is 4.39 Å². The number of rotatable bonds is 9. The smallest absolute Gasteiger partial charge is 0.310 e. The molecule has 1 aromatic heterocycles. The van der Waals surface area contributed by atoms with E-state index in [0.717, 1.165) is 40.4 Å². The Morgan fingerprint density at radius 3 is 2.76 bits per heavy atom. The molecule has 8 heteroatoms. The maximum Gasteiger partial charge on any atom is 0.310 e. The van der Waals surface area contributed by atoms with Gasteiger partial charge in [-0.2, -0.15) is 0 Å². The summed E-state index contributed by atoms with van der Waals surface area (Å²) in [6.45, 7) is 0.841. The third kappa shape index (κ3) is 5.24. The van der Waals surface area contributed by atoms with Gasteiger partial charge in [0.15, 0.2) is 5.82 Å². The first kappa shape index (κ1) is 22.6. The van der Waals surface area contributed by atoms with Crippen LogP contribution >= 0.6 is 0 Å². The van der Waals surface area contributed by atoms with Crippen LogP contribution < -0.4 is 11.1 Å². The van der Waals surface area contributed by atoms with Crippen LogP contribution in [0.5, 0.6) is 0 Å². The number of hydrogen-bond acceptors (Lipinski definition) is 6. The van der Waals surface area contributed by atoms with E-state index in [1.54, 1.807) is 25.3 Å². The van der Waals surface area contributed by atoms with Gasteiger partial charge in [0.05, 0.1) is 24.9 Å². The number of methoxy groups -OCH3 is 1. The Morgan fingerprint density at radius 2 is 2.00 bits per heavy atom. The lowest BCUT2D eigenvalue weighted by Gasteiger charge is -2.13. The number of nitrogens with one attached hydrogen (secondary N) is 1. The SMILES string of the molecule is COCCOC(=O)Cc1cc2c(c(-c3cc(C(=O)Nc4ccncc4F)ccc3CN)c1)C2. The van der Waals surface area contributed by atoms with E-state index in [4.69, 9.17) is 15.2 Å². The molecule has 0 atom stereocenters. The molecule has 33 heavy (non-hydrogen) atoms. The molecule has 0 saturated carbocycles. The number of ether oxygens (including phenoxy) is 2. The molecule has 4 rings (SSSR count). The zero-order valence-electron chi connectivity index (χ0n) is 18.2. The molecule has 1 heterocycles. The summed E-state index contributed by atoms with van der Waals surface area (Å²) in [4.78, 5) is 28.6. The van der Waals surface area contributed by atoms with Gasteiger partial charge in [0, 0.05) is 25.4 Å². The van der Waals surface area contributed by atoms with Gasteiger partial charge in [-0.3, -0.25) is 14.6 Å². The zero-order chi connectivity index (χ0) is 23.4. The highest BCUT2D eigenvalue weighted by Crippen LogP contribution is 2.40. The second-order valence-electron chi connectivity index (χ2n) is 7.73. The van der Waals surface area contributed by atoms with Crippen molar-refractivity contribution in [2.24, 2.45) is 5.73 Å². The van der Waals surface area contributed by atoms with Crippen molar-refractivity contribution in [1.82, 2.24) is 4.98 Å². The average molecular weight is 449 g/mol. The van der Waals surface area contributed by atoms with Crippen LogP contribution in [0.3, 0.4) is 0 Å². The van der Waals surface area contributed by atoms with E-state index < -0.39 is 11.7 Å². The molecule has 1 aliphatic rings. The van der Waals surface area contributed by atoms with Gasteiger partial charge in [0.1, 0.15) is 6.61 Å². The molecule has 0 radical (unpaired) electrons. The standard InChI is InChI=1S/C25H24FN3O4/c1-32-6-7-33-24(30)10-15-8-18-12-20(18)21(9-15)19-11-16(2-3-17(19)13-27)25(31)29-23-4-5-28-14-22(23)26/h2-5,8-9,11,14H,6-7,10,12-13,27H2,1H3,(H,28,29,31). The minimum Gasteiger partial charge on any atom is -0.463 e. The summed E-state index contributed by atoms with van der Waals surface area (Å²) in [5.41, 5.74) is 12.2. The van der Waals surface area contributed by atoms with Crippen molar-refractivity contribution in [3.05, 3.63) is 82.4 Å². The average Bonchev–Trinajstić information content (AvgIpc) is 3.59. The van der Waals surface area contributed by atoms with Crippen molar-refractivity contribution < 1.29 is 23.5 Å². The van der Waals surface area contributed by atoms with Gasteiger partial charge in [-0.05, 0) is 58.0 Å². The number of carbonyl (C=O) groups is 2. The fourth-order valence-electron chi connectivity index (χ4n) is 3.71. The normalized spacial score (nSPS) is 11.6. The van der Waals surface area contributed by atoms with E-state index in [1.807, 2.05) is 12.1 Å². The highest BCUT2D eigenvalue weighted by Gasteiger charge is 2.25. The number of esters is 1. The molecule has 0 saturated heterocycles. The van der Waals surface area contributed by atoms with Gasteiger partial charge in [0.25, 0.3) is 5.91 Å². The van der Waals surface area contributed by atoms with Crippen LogP contribution in [0, 0.1) is 5.82 Å². The van der Waals surface area contributed by atoms with Crippen molar-refractivity contribution in [2.45, 2.75) is 19.4 Å². The van der Waals surface area contributed by atoms with Crippen LogP contribution in [0.25, 0.3) is 11.1 Å². The Balaban J connectivity index is 1.60. The summed E-state index contributed by atoms with van der Waals surface area (Å²) in [5.74, 6) is -1.38. The van der Waals surface area contributed by atoms with Crippen LogP contribution in [0.15, 0.2) is 48.8 Å². The van der Waals surface area contributed by atoms with Crippen LogP contribution in [0.2, 0.25) is 0 Å². The number of hydrogen-bond donors (Lipinski definition) is 2. The fraction of sp³-hybridized carbons (Fsp3) is 0.240. The molecule has 1 aliphatic carbocycles. The molecule has 0 spiro atoms. The Bertz CT molecular complexity index is 1210. The Hall–Kier alpha value is -3.62. The van der Waals surface area contributed by atoms with Crippen molar-refractivity contribution in [3.8, 4) is 11.1 Å². The molecule has 2 aromatic carbocycles. The number of pyridine rings is 1. The summed E-state index contributed by atoms with van der Waals surface area (Å²) < 4.78 is 24.0. The molecular formula is C25H24FN3O4. The van der Waals surface area contributed by atoms with E-state index in [-0.39, 0.29) is 31.2 Å². The van der Waals surface area contributed by atoms with E-state index in [2.05, 4.69) is 10.3 Å². The van der Waals surface area contributed by atoms with Crippen LogP contribution in [0.4, 0.5) is 10.1 Å². The van der Waals surface area contributed by atoms with Crippen molar-refractivity contribution in [3.63, 3.8) is 0 Å². The molecule has 0 aliphatic heterocycles. The highest BCUT2D eigenvalue weighted by atomic mass is 19.1. The topological polar surface area (TPSA) is 104 Å². The molecule has 170 valence electrons. The van der Waals surface area contributed by atoms with Gasteiger partial charge in [-0.15, -0.1) is 0 Å². The summed E-state index contributed by atoms with van der Waals surface area (Å²) in [6, 6.07) is 10.6. The van der Waals surface area contributed by atoms with E-state index in [9.17, 15) is 14.0 Å². The predicted molar refractivity (Wildman–Crippen MR) is 121 cm³/mol. The minimum atomic E-state index is -0.611. The van der Waals surface area contributed by atoms with Crippen molar-refractivity contribution >= 4 is 17.6 Å². The molecule has 0 unspecified atom stereocenters. The maximum absolute atomic E-state index is 13.9. The minimum absolute atomic E-state index is 0.0562. The number of nitrogens with zero attached hydrogens (tertiary/aromatic N) is 1. The lowest BCUT2D eigenvalue weighted by atomic mass is 9.94. The first-order valence-corrected chi connectivity index (χ1v) is 10.5. The third-order valence-corrected chi connectivity index (χ3v) is 5.45. The number of fused-ring (bicyclic) bond motifs is 1. The summed E-state index contributed by atoms with van der Waals surface area (Å²) >= 11 is 0. The molecule has 7 nitrogen and oxygen atoms in total. The largest absolute Gasteiger partial charge is 0.463 e. The number of benzene rings is 2. The quantitative estimate of drug-likeness (QED) is 0.300. The summed E-state index contributed by atoms with van der Waals surface area (Å²) in [6.07, 6.45) is 3.41. The molecule has 3 aromatic rings. The summed E-state index contributed by atoms with van der Waals surface area (Å²) in [5, 5.41) is 2.58. The second-order valence-corrected chi connectivity index (χ2v) is 7.73. The number of amides is 1. The lowest BCUT2D eigenvalue weighted by Crippen LogP contribution is -2.14. The highest BCUT2D eigenvalue weighted by molar-refractivity contribution is 6.05. The number of anilines is 1. The van der Waals surface area contributed by atoms with Gasteiger partial charge < -0.3 is 20.5 Å². The van der Waals surface area contributed by atoms with Gasteiger partial charge in [-0.1, -0.05) is 18.2 Å². The zero-order valence-corrected chi connectivity index (χ0v) is 18.2. The van der Waals surface area contributed by atoms with Gasteiger partial charge in [0.2, 0.25) is 0 Å². The lowest BCUT2D eigenvalue weighted by molar-refractivity contribution is -0.144. The second kappa shape index (κ2) is 9.89. The van der Waals surface area contributed by atoms with Crippen molar-refractivity contribution in [2.75, 3.05) is 25.6 Å². The van der Waals surface area contributed by atoms with Crippen LogP contribution in [0.1, 0.15) is 32.6 Å². The third-order valence-electron chi connectivity index (χ3n) is 5.45. The number of carbonyl (C=O) groups excluding carboxylic acids is 2. The number of aromatic nitrogens is 1. The predicted octanol–water partition coefficient (Wildman–Crippen LogP) is 3.24. The molecule has 0 fully saturated rings. The Kier molecular flexibility index (Phi) is 6.76. The molecular weight excluding hydrogens is 425 g/mol. The number of nitrogens with two attached hydrogens (primary N) is 1. The monoisotopic (exact) mass is 449 g/mol.